The third-order valence-electron chi connectivity index (χ3n) is 2.65. The molecule has 0 aliphatic heterocycles. The van der Waals surface area contributed by atoms with Gasteiger partial charge in [-0.3, -0.25) is 9.78 Å². The molecule has 17 heavy (non-hydrogen) atoms. The van der Waals surface area contributed by atoms with Crippen LogP contribution in [0.5, 0.6) is 0 Å². The fourth-order valence-corrected chi connectivity index (χ4v) is 1.93. The fraction of sp³-hybridized carbons (Fsp3) is 0.538. The van der Waals surface area contributed by atoms with Gasteiger partial charge in [-0.05, 0) is 31.4 Å². The molecule has 0 fully saturated rings. The van der Waals surface area contributed by atoms with Gasteiger partial charge in [0.2, 0.25) is 0 Å². The summed E-state index contributed by atoms with van der Waals surface area (Å²) in [4.78, 5) is 15.9. The Morgan fingerprint density at radius 1 is 1.59 bits per heavy atom. The maximum absolute atomic E-state index is 12.0. The Morgan fingerprint density at radius 3 is 2.76 bits per heavy atom. The predicted octanol–water partition coefficient (Wildman–Crippen LogP) is 1.57. The number of hydrogen-bond donors (Lipinski definition) is 2. The molecule has 1 amide bonds. The number of carbonyl (C=O) groups is 1. The lowest BCUT2D eigenvalue weighted by Gasteiger charge is -2.31. The predicted molar refractivity (Wildman–Crippen MR) is 68.6 cm³/mol. The average Bonchev–Trinajstić information content (AvgIpc) is 2.29. The summed E-state index contributed by atoms with van der Waals surface area (Å²) in [6.07, 6.45) is 4.06. The molecule has 1 aromatic heterocycles. The quantitative estimate of drug-likeness (QED) is 0.814. The number of hydrogen-bond acceptors (Lipinski definition) is 3. The second-order valence-electron chi connectivity index (χ2n) is 5.06. The van der Waals surface area contributed by atoms with Crippen molar-refractivity contribution >= 4 is 5.91 Å². The molecular formula is C13H21N3O. The van der Waals surface area contributed by atoms with Crippen LogP contribution in [0.1, 0.15) is 37.6 Å². The number of nitrogens with one attached hydrogen (secondary N) is 1. The Bertz CT molecular complexity index is 364. The number of aromatic nitrogens is 1. The van der Waals surface area contributed by atoms with E-state index in [2.05, 4.69) is 24.1 Å². The van der Waals surface area contributed by atoms with Gasteiger partial charge in [0, 0.05) is 24.5 Å². The van der Waals surface area contributed by atoms with E-state index in [0.717, 1.165) is 6.42 Å². The van der Waals surface area contributed by atoms with E-state index in [1.54, 1.807) is 24.5 Å². The first-order chi connectivity index (χ1) is 7.97. The molecule has 1 aromatic rings. The third-order valence-corrected chi connectivity index (χ3v) is 2.65. The highest BCUT2D eigenvalue weighted by atomic mass is 16.1. The molecule has 0 radical (unpaired) electrons. The summed E-state index contributed by atoms with van der Waals surface area (Å²) in [7, 11) is 0. The molecule has 0 aromatic carbocycles. The van der Waals surface area contributed by atoms with Crippen molar-refractivity contribution in [1.82, 2.24) is 10.3 Å². The van der Waals surface area contributed by atoms with Crippen molar-refractivity contribution in [2.45, 2.75) is 32.7 Å². The van der Waals surface area contributed by atoms with Crippen LogP contribution in [-0.4, -0.2) is 23.0 Å². The summed E-state index contributed by atoms with van der Waals surface area (Å²) in [6.45, 7) is 6.63. The molecule has 94 valence electrons. The van der Waals surface area contributed by atoms with Gasteiger partial charge in [0.25, 0.3) is 5.91 Å². The van der Waals surface area contributed by atoms with E-state index in [9.17, 15) is 4.79 Å². The molecule has 1 unspecified atom stereocenters. The number of amides is 1. The van der Waals surface area contributed by atoms with Crippen LogP contribution in [0.4, 0.5) is 0 Å². The molecular weight excluding hydrogens is 214 g/mol. The van der Waals surface area contributed by atoms with Crippen LogP contribution in [0, 0.1) is 5.92 Å². The van der Waals surface area contributed by atoms with Crippen molar-refractivity contribution in [3.8, 4) is 0 Å². The molecule has 4 heteroatoms. The van der Waals surface area contributed by atoms with Gasteiger partial charge in [0.05, 0.1) is 5.56 Å². The van der Waals surface area contributed by atoms with Crippen LogP contribution >= 0.6 is 0 Å². The van der Waals surface area contributed by atoms with E-state index in [-0.39, 0.29) is 11.4 Å². The van der Waals surface area contributed by atoms with Crippen molar-refractivity contribution in [3.63, 3.8) is 0 Å². The van der Waals surface area contributed by atoms with Crippen LogP contribution in [0.15, 0.2) is 24.5 Å². The number of rotatable bonds is 5. The van der Waals surface area contributed by atoms with E-state index >= 15 is 0 Å². The topological polar surface area (TPSA) is 68.0 Å². The number of nitrogens with zero attached hydrogens (tertiary/aromatic N) is 1. The smallest absolute Gasteiger partial charge is 0.253 e. The maximum atomic E-state index is 12.0. The van der Waals surface area contributed by atoms with Gasteiger partial charge in [-0.25, -0.2) is 0 Å². The minimum atomic E-state index is -0.360. The van der Waals surface area contributed by atoms with E-state index in [1.807, 2.05) is 6.92 Å². The molecule has 1 heterocycles. The molecule has 4 nitrogen and oxygen atoms in total. The monoisotopic (exact) mass is 235 g/mol. The van der Waals surface area contributed by atoms with Crippen LogP contribution in [0.25, 0.3) is 0 Å². The standard InChI is InChI=1S/C13H21N3O/c1-10(2)7-13(3,9-14)16-12(17)11-5-4-6-15-8-11/h4-6,8,10H,7,9,14H2,1-3H3,(H,16,17). The van der Waals surface area contributed by atoms with Gasteiger partial charge in [0.1, 0.15) is 0 Å². The van der Waals surface area contributed by atoms with E-state index in [4.69, 9.17) is 5.73 Å². The van der Waals surface area contributed by atoms with Gasteiger partial charge in [-0.15, -0.1) is 0 Å². The van der Waals surface area contributed by atoms with Crippen LogP contribution < -0.4 is 11.1 Å². The summed E-state index contributed by atoms with van der Waals surface area (Å²) in [5, 5.41) is 2.99. The highest BCUT2D eigenvalue weighted by Gasteiger charge is 2.26. The van der Waals surface area contributed by atoms with Crippen LogP contribution in [-0.2, 0) is 0 Å². The van der Waals surface area contributed by atoms with Crippen LogP contribution in [0.3, 0.4) is 0 Å². The van der Waals surface area contributed by atoms with E-state index < -0.39 is 0 Å². The van der Waals surface area contributed by atoms with E-state index in [0.29, 0.717) is 18.0 Å². The number of nitrogens with two attached hydrogens (primary N) is 1. The lowest BCUT2D eigenvalue weighted by atomic mass is 9.90. The lowest BCUT2D eigenvalue weighted by Crippen LogP contribution is -2.52. The number of pyridine rings is 1. The highest BCUT2D eigenvalue weighted by molar-refractivity contribution is 5.94. The first-order valence-corrected chi connectivity index (χ1v) is 5.89. The largest absolute Gasteiger partial charge is 0.346 e. The van der Waals surface area contributed by atoms with Crippen molar-refractivity contribution in [3.05, 3.63) is 30.1 Å². The molecule has 0 saturated heterocycles. The van der Waals surface area contributed by atoms with Gasteiger partial charge < -0.3 is 11.1 Å². The van der Waals surface area contributed by atoms with Crippen LogP contribution in [0.2, 0.25) is 0 Å². The first kappa shape index (κ1) is 13.6. The molecule has 0 saturated carbocycles. The first-order valence-electron chi connectivity index (χ1n) is 5.89. The van der Waals surface area contributed by atoms with Crippen molar-refractivity contribution < 1.29 is 4.79 Å². The molecule has 0 bridgehead atoms. The summed E-state index contributed by atoms with van der Waals surface area (Å²) in [5.74, 6) is 0.365. The normalized spacial score (nSPS) is 14.4. The summed E-state index contributed by atoms with van der Waals surface area (Å²) >= 11 is 0. The molecule has 0 aliphatic carbocycles. The van der Waals surface area contributed by atoms with Crippen molar-refractivity contribution in [2.24, 2.45) is 11.7 Å². The van der Waals surface area contributed by atoms with Gasteiger partial charge in [-0.2, -0.15) is 0 Å². The lowest BCUT2D eigenvalue weighted by molar-refractivity contribution is 0.0898. The van der Waals surface area contributed by atoms with Gasteiger partial charge in [-0.1, -0.05) is 13.8 Å². The minimum Gasteiger partial charge on any atom is -0.346 e. The van der Waals surface area contributed by atoms with Gasteiger partial charge in [0.15, 0.2) is 0 Å². The molecule has 1 atom stereocenters. The molecule has 1 rings (SSSR count). The van der Waals surface area contributed by atoms with Crippen molar-refractivity contribution in [1.29, 1.82) is 0 Å². The van der Waals surface area contributed by atoms with E-state index in [1.165, 1.54) is 0 Å². The Balaban J connectivity index is 2.72. The fourth-order valence-electron chi connectivity index (χ4n) is 1.93. The Hall–Kier alpha value is -1.42. The Kier molecular flexibility index (Phi) is 4.63. The van der Waals surface area contributed by atoms with Crippen molar-refractivity contribution in [2.75, 3.05) is 6.54 Å². The summed E-state index contributed by atoms with van der Waals surface area (Å²) in [6, 6.07) is 3.49. The summed E-state index contributed by atoms with van der Waals surface area (Å²) in [5.41, 5.74) is 5.96. The summed E-state index contributed by atoms with van der Waals surface area (Å²) < 4.78 is 0. The highest BCUT2D eigenvalue weighted by Crippen LogP contribution is 2.15. The minimum absolute atomic E-state index is 0.119. The second-order valence-corrected chi connectivity index (χ2v) is 5.06. The average molecular weight is 235 g/mol. The zero-order chi connectivity index (χ0) is 12.9. The SMILES string of the molecule is CC(C)CC(C)(CN)NC(=O)c1cccnc1. The maximum Gasteiger partial charge on any atom is 0.253 e. The Labute approximate surface area is 103 Å². The zero-order valence-corrected chi connectivity index (χ0v) is 10.7. The molecule has 3 N–H and O–H groups in total. The Morgan fingerprint density at radius 2 is 2.29 bits per heavy atom. The molecule has 0 spiro atoms. The second kappa shape index (κ2) is 5.77. The number of carbonyl (C=O) groups excluding carboxylic acids is 1. The molecule has 0 aliphatic rings. The third kappa shape index (κ3) is 4.15. The zero-order valence-electron chi connectivity index (χ0n) is 10.7. The van der Waals surface area contributed by atoms with Gasteiger partial charge >= 0.3 is 0 Å².